The van der Waals surface area contributed by atoms with Crippen molar-refractivity contribution in [3.05, 3.63) is 47.4 Å². The van der Waals surface area contributed by atoms with Crippen molar-refractivity contribution in [3.8, 4) is 0 Å². The van der Waals surface area contributed by atoms with Gasteiger partial charge < -0.3 is 21.1 Å². The fourth-order valence-electron chi connectivity index (χ4n) is 1.71. The summed E-state index contributed by atoms with van der Waals surface area (Å²) >= 11 is 0. The lowest BCUT2D eigenvalue weighted by Gasteiger charge is -2.30. The first kappa shape index (κ1) is 13.1. The number of hydrogen-bond donors (Lipinski definition) is 2. The first-order valence-electron chi connectivity index (χ1n) is 5.81. The van der Waals surface area contributed by atoms with Crippen LogP contribution in [0.1, 0.15) is 17.3 Å². The van der Waals surface area contributed by atoms with Gasteiger partial charge in [0, 0.05) is 7.05 Å². The summed E-state index contributed by atoms with van der Waals surface area (Å²) in [5, 5.41) is 0. The van der Waals surface area contributed by atoms with Gasteiger partial charge in [0.2, 0.25) is 0 Å². The van der Waals surface area contributed by atoms with E-state index in [-0.39, 0.29) is 0 Å². The number of guanidine groups is 1. The monoisotopic (exact) mass is 260 g/mol. The first-order valence-corrected chi connectivity index (χ1v) is 5.81. The summed E-state index contributed by atoms with van der Waals surface area (Å²) in [6.07, 6.45) is -0.620. The Bertz CT molecular complexity index is 551. The maximum absolute atomic E-state index is 12.0. The Balaban J connectivity index is 2.23. The summed E-state index contributed by atoms with van der Waals surface area (Å²) in [5.74, 6) is 0.143. The van der Waals surface area contributed by atoms with Crippen molar-refractivity contribution in [2.24, 2.45) is 16.5 Å². The van der Waals surface area contributed by atoms with E-state index in [0.29, 0.717) is 23.0 Å². The van der Waals surface area contributed by atoms with Gasteiger partial charge in [-0.15, -0.1) is 0 Å². The Hall–Kier alpha value is -2.34. The number of ether oxygens (including phenoxy) is 1. The van der Waals surface area contributed by atoms with Crippen LogP contribution in [0.4, 0.5) is 0 Å². The van der Waals surface area contributed by atoms with Crippen LogP contribution in [-0.4, -0.2) is 30.0 Å². The summed E-state index contributed by atoms with van der Waals surface area (Å²) in [6.45, 7) is 1.70. The molecule has 0 fully saturated rings. The van der Waals surface area contributed by atoms with Crippen LogP contribution in [0.25, 0.3) is 0 Å². The highest BCUT2D eigenvalue weighted by molar-refractivity contribution is 5.90. The second-order valence-electron chi connectivity index (χ2n) is 4.23. The van der Waals surface area contributed by atoms with E-state index in [1.807, 2.05) is 6.07 Å². The quantitative estimate of drug-likeness (QED) is 0.760. The molecular weight excluding hydrogens is 244 g/mol. The number of rotatable bonds is 2. The van der Waals surface area contributed by atoms with Gasteiger partial charge in [0.05, 0.1) is 11.3 Å². The zero-order valence-electron chi connectivity index (χ0n) is 10.8. The number of nitrogens with two attached hydrogens (primary N) is 2. The zero-order valence-corrected chi connectivity index (χ0v) is 10.8. The van der Waals surface area contributed by atoms with Gasteiger partial charge in [0.15, 0.2) is 11.7 Å². The van der Waals surface area contributed by atoms with Crippen molar-refractivity contribution in [1.29, 1.82) is 0 Å². The van der Waals surface area contributed by atoms with E-state index in [4.69, 9.17) is 16.2 Å². The molecule has 1 aliphatic rings. The van der Waals surface area contributed by atoms with E-state index >= 15 is 0 Å². The molecule has 1 atom stereocenters. The van der Waals surface area contributed by atoms with E-state index < -0.39 is 12.1 Å². The number of hydrogen-bond acceptors (Lipinski definition) is 6. The fraction of sp³-hybridized carbons (Fsp3) is 0.231. The molecule has 1 aliphatic heterocycles. The normalized spacial score (nSPS) is 19.2. The molecule has 4 N–H and O–H groups in total. The largest absolute Gasteiger partial charge is 0.422 e. The van der Waals surface area contributed by atoms with Crippen LogP contribution in [0.2, 0.25) is 0 Å². The van der Waals surface area contributed by atoms with Crippen molar-refractivity contribution in [2.45, 2.75) is 13.1 Å². The number of carbonyl (C=O) groups excluding carboxylic acids is 1. The Morgan fingerprint density at radius 2 is 2.00 bits per heavy atom. The molecule has 0 bridgehead atoms. The molecule has 0 radical (unpaired) electrons. The predicted molar refractivity (Wildman–Crippen MR) is 71.9 cm³/mol. The van der Waals surface area contributed by atoms with E-state index in [1.165, 1.54) is 0 Å². The first-order chi connectivity index (χ1) is 9.00. The highest BCUT2D eigenvalue weighted by Crippen LogP contribution is 2.19. The molecule has 0 aromatic heterocycles. The van der Waals surface area contributed by atoms with Crippen molar-refractivity contribution >= 4 is 11.9 Å². The minimum Gasteiger partial charge on any atom is -0.422 e. The Kier molecular flexibility index (Phi) is 3.52. The SMILES string of the molecule is CC1=C(OC(=O)c2ccccc2)C(N)N(C)C(N)=N1. The predicted octanol–water partition coefficient (Wildman–Crippen LogP) is 0.620. The van der Waals surface area contributed by atoms with Gasteiger partial charge in [-0.3, -0.25) is 0 Å². The van der Waals surface area contributed by atoms with Gasteiger partial charge in [-0.2, -0.15) is 0 Å². The Morgan fingerprint density at radius 3 is 2.63 bits per heavy atom. The third-order valence-electron chi connectivity index (χ3n) is 2.90. The maximum atomic E-state index is 12.0. The average Bonchev–Trinajstić information content (AvgIpc) is 2.42. The second kappa shape index (κ2) is 5.11. The molecule has 1 aromatic rings. The molecule has 0 amide bonds. The number of nitrogens with zero attached hydrogens (tertiary/aromatic N) is 2. The van der Waals surface area contributed by atoms with Crippen molar-refractivity contribution in [3.63, 3.8) is 0 Å². The topological polar surface area (TPSA) is 93.9 Å². The van der Waals surface area contributed by atoms with Crippen molar-refractivity contribution in [1.82, 2.24) is 4.90 Å². The molecule has 1 aromatic carbocycles. The summed E-state index contributed by atoms with van der Waals surface area (Å²) in [7, 11) is 1.69. The van der Waals surface area contributed by atoms with Gasteiger partial charge in [0.1, 0.15) is 6.17 Å². The highest BCUT2D eigenvalue weighted by atomic mass is 16.5. The average molecular weight is 260 g/mol. The van der Waals surface area contributed by atoms with Crippen molar-refractivity contribution in [2.75, 3.05) is 7.05 Å². The number of aliphatic imine (C=N–C) groups is 1. The number of allylic oxidation sites excluding steroid dienone is 1. The van der Waals surface area contributed by atoms with Crippen LogP contribution in [0.5, 0.6) is 0 Å². The number of esters is 1. The van der Waals surface area contributed by atoms with E-state index in [9.17, 15) is 4.79 Å². The minimum atomic E-state index is -0.620. The molecule has 1 heterocycles. The number of carbonyl (C=O) groups is 1. The van der Waals surface area contributed by atoms with E-state index in [1.54, 1.807) is 43.1 Å². The Morgan fingerprint density at radius 1 is 1.37 bits per heavy atom. The Labute approximate surface area is 111 Å². The molecule has 100 valence electrons. The fourth-order valence-corrected chi connectivity index (χ4v) is 1.71. The van der Waals surface area contributed by atoms with Crippen LogP contribution >= 0.6 is 0 Å². The third-order valence-corrected chi connectivity index (χ3v) is 2.90. The van der Waals surface area contributed by atoms with Gasteiger partial charge in [-0.1, -0.05) is 18.2 Å². The molecule has 0 spiro atoms. The molecule has 0 saturated carbocycles. The smallest absolute Gasteiger partial charge is 0.343 e. The second-order valence-corrected chi connectivity index (χ2v) is 4.23. The van der Waals surface area contributed by atoms with Crippen molar-refractivity contribution < 1.29 is 9.53 Å². The maximum Gasteiger partial charge on any atom is 0.343 e. The summed E-state index contributed by atoms with van der Waals surface area (Å²) in [6, 6.07) is 8.70. The lowest BCUT2D eigenvalue weighted by atomic mass is 10.2. The minimum absolute atomic E-state index is 0.296. The summed E-state index contributed by atoms with van der Waals surface area (Å²) in [5.41, 5.74) is 12.6. The van der Waals surface area contributed by atoms with Gasteiger partial charge >= 0.3 is 5.97 Å². The van der Waals surface area contributed by atoms with Crippen LogP contribution in [0, 0.1) is 0 Å². The number of benzene rings is 1. The molecule has 1 unspecified atom stereocenters. The van der Waals surface area contributed by atoms with E-state index in [2.05, 4.69) is 4.99 Å². The summed E-state index contributed by atoms with van der Waals surface area (Å²) < 4.78 is 5.33. The zero-order chi connectivity index (χ0) is 14.0. The van der Waals surface area contributed by atoms with E-state index in [0.717, 1.165) is 0 Å². The van der Waals surface area contributed by atoms with Crippen LogP contribution in [-0.2, 0) is 4.74 Å². The molecule has 6 nitrogen and oxygen atoms in total. The van der Waals surface area contributed by atoms with Gasteiger partial charge in [-0.05, 0) is 19.1 Å². The molecule has 0 aliphatic carbocycles. The molecule has 2 rings (SSSR count). The third kappa shape index (κ3) is 2.58. The molecular formula is C13H16N4O2. The summed E-state index contributed by atoms with van der Waals surface area (Å²) in [4.78, 5) is 17.6. The lowest BCUT2D eigenvalue weighted by molar-refractivity contribution is 0.0572. The van der Waals surface area contributed by atoms with Crippen LogP contribution in [0.3, 0.4) is 0 Å². The lowest BCUT2D eigenvalue weighted by Crippen LogP contribution is -2.50. The standard InChI is InChI=1S/C13H16N4O2/c1-8-10(11(14)17(2)13(15)16-8)19-12(18)9-6-4-3-5-7-9/h3-7,11H,14H2,1-2H3,(H2,15,16). The molecule has 6 heteroatoms. The van der Waals surface area contributed by atoms with Gasteiger partial charge in [-0.25, -0.2) is 9.79 Å². The molecule has 19 heavy (non-hydrogen) atoms. The van der Waals surface area contributed by atoms with Crippen LogP contribution in [0.15, 0.2) is 46.8 Å². The molecule has 0 saturated heterocycles. The number of likely N-dealkylation sites (N-methyl/N-ethyl adjacent to an activating group) is 1. The van der Waals surface area contributed by atoms with Gasteiger partial charge in [0.25, 0.3) is 0 Å². The van der Waals surface area contributed by atoms with Crippen LogP contribution < -0.4 is 11.5 Å². The highest BCUT2D eigenvalue weighted by Gasteiger charge is 2.27.